The Morgan fingerprint density at radius 2 is 1.87 bits per heavy atom. The van der Waals surface area contributed by atoms with Crippen LogP contribution >= 0.6 is 0 Å². The molecule has 1 aromatic heterocycles. The average molecular weight is 329 g/mol. The van der Waals surface area contributed by atoms with E-state index in [9.17, 15) is 8.42 Å². The summed E-state index contributed by atoms with van der Waals surface area (Å²) in [5.41, 5.74) is 1.27. The van der Waals surface area contributed by atoms with Crippen LogP contribution in [0.15, 0.2) is 47.6 Å². The Morgan fingerprint density at radius 3 is 2.52 bits per heavy atom. The van der Waals surface area contributed by atoms with Gasteiger partial charge in [0.25, 0.3) is 0 Å². The lowest BCUT2D eigenvalue weighted by Gasteiger charge is -2.35. The summed E-state index contributed by atoms with van der Waals surface area (Å²) in [7, 11) is -3.57. The first-order chi connectivity index (χ1) is 11.1. The molecule has 1 aliphatic rings. The molecule has 0 spiro atoms. The minimum Gasteiger partial charge on any atom is -0.368 e. The summed E-state index contributed by atoms with van der Waals surface area (Å²) in [6.07, 6.45) is 3.28. The SMILES string of the molecule is N#Cc1cccc(S(=O)(=O)N2CCN(c3ccnnc3)CC2)c1. The predicted molar refractivity (Wildman–Crippen MR) is 84.2 cm³/mol. The molecule has 7 nitrogen and oxygen atoms in total. The van der Waals surface area contributed by atoms with Crippen LogP contribution in [0.25, 0.3) is 0 Å². The van der Waals surface area contributed by atoms with Gasteiger partial charge in [-0.05, 0) is 24.3 Å². The van der Waals surface area contributed by atoms with Gasteiger partial charge in [0.2, 0.25) is 10.0 Å². The normalized spacial score (nSPS) is 16.0. The molecule has 0 unspecified atom stereocenters. The van der Waals surface area contributed by atoms with Gasteiger partial charge in [-0.3, -0.25) is 0 Å². The topological polar surface area (TPSA) is 90.2 Å². The molecule has 0 N–H and O–H groups in total. The largest absolute Gasteiger partial charge is 0.368 e. The standard InChI is InChI=1S/C15H15N5O2S/c16-11-13-2-1-3-15(10-13)23(21,22)20-8-6-19(7-9-20)14-4-5-17-18-12-14/h1-5,10,12H,6-9H2. The number of anilines is 1. The fraction of sp³-hybridized carbons (Fsp3) is 0.267. The Kier molecular flexibility index (Phi) is 4.23. The second-order valence-corrected chi connectivity index (χ2v) is 7.07. The van der Waals surface area contributed by atoms with Crippen LogP contribution in [-0.2, 0) is 10.0 Å². The second kappa shape index (κ2) is 6.32. The van der Waals surface area contributed by atoms with Crippen LogP contribution in [0.3, 0.4) is 0 Å². The molecule has 1 aromatic carbocycles. The highest BCUT2D eigenvalue weighted by atomic mass is 32.2. The molecule has 0 bridgehead atoms. The molecule has 23 heavy (non-hydrogen) atoms. The molecule has 0 amide bonds. The number of nitriles is 1. The highest BCUT2D eigenvalue weighted by Crippen LogP contribution is 2.20. The summed E-state index contributed by atoms with van der Waals surface area (Å²) < 4.78 is 26.8. The fourth-order valence-electron chi connectivity index (χ4n) is 2.53. The van der Waals surface area contributed by atoms with Crippen molar-refractivity contribution in [3.05, 3.63) is 48.3 Å². The maximum absolute atomic E-state index is 12.7. The van der Waals surface area contributed by atoms with Gasteiger partial charge in [0.05, 0.1) is 34.6 Å². The van der Waals surface area contributed by atoms with Crippen LogP contribution in [0.5, 0.6) is 0 Å². The third-order valence-corrected chi connectivity index (χ3v) is 5.67. The Hall–Kier alpha value is -2.50. The monoisotopic (exact) mass is 329 g/mol. The Labute approximate surface area is 134 Å². The molecule has 2 heterocycles. The highest BCUT2D eigenvalue weighted by Gasteiger charge is 2.28. The Bertz CT molecular complexity index is 824. The van der Waals surface area contributed by atoms with Crippen molar-refractivity contribution < 1.29 is 8.42 Å². The maximum Gasteiger partial charge on any atom is 0.243 e. The van der Waals surface area contributed by atoms with E-state index in [2.05, 4.69) is 15.1 Å². The molecular formula is C15H15N5O2S. The Balaban J connectivity index is 1.75. The third-order valence-electron chi connectivity index (χ3n) is 3.77. The van der Waals surface area contributed by atoms with Crippen molar-refractivity contribution in [2.75, 3.05) is 31.1 Å². The minimum atomic E-state index is -3.57. The number of rotatable bonds is 3. The van der Waals surface area contributed by atoms with Gasteiger partial charge in [-0.2, -0.15) is 19.8 Å². The smallest absolute Gasteiger partial charge is 0.243 e. The quantitative estimate of drug-likeness (QED) is 0.829. The van der Waals surface area contributed by atoms with Crippen molar-refractivity contribution in [3.8, 4) is 6.07 Å². The summed E-state index contributed by atoms with van der Waals surface area (Å²) in [5, 5.41) is 16.5. The summed E-state index contributed by atoms with van der Waals surface area (Å²) in [6, 6.07) is 9.93. The van der Waals surface area contributed by atoms with E-state index in [-0.39, 0.29) is 4.90 Å². The van der Waals surface area contributed by atoms with Crippen molar-refractivity contribution in [2.24, 2.45) is 0 Å². The van der Waals surface area contributed by atoms with Crippen molar-refractivity contribution in [3.63, 3.8) is 0 Å². The number of aromatic nitrogens is 2. The van der Waals surface area contributed by atoms with Crippen molar-refractivity contribution in [1.82, 2.24) is 14.5 Å². The van der Waals surface area contributed by atoms with Crippen LogP contribution in [-0.4, -0.2) is 49.1 Å². The number of sulfonamides is 1. The zero-order chi connectivity index (χ0) is 16.3. The molecule has 1 fully saturated rings. The first-order valence-electron chi connectivity index (χ1n) is 7.13. The number of benzene rings is 1. The summed E-state index contributed by atoms with van der Waals surface area (Å²) in [6.45, 7) is 1.95. The van der Waals surface area contributed by atoms with Gasteiger partial charge in [0, 0.05) is 26.2 Å². The molecule has 2 aromatic rings. The fourth-order valence-corrected chi connectivity index (χ4v) is 4.00. The van der Waals surface area contributed by atoms with E-state index in [1.807, 2.05) is 12.1 Å². The van der Waals surface area contributed by atoms with Crippen LogP contribution in [0.1, 0.15) is 5.56 Å². The van der Waals surface area contributed by atoms with Gasteiger partial charge < -0.3 is 4.90 Å². The lowest BCUT2D eigenvalue weighted by molar-refractivity contribution is 0.384. The maximum atomic E-state index is 12.7. The number of hydrogen-bond donors (Lipinski definition) is 0. The van der Waals surface area contributed by atoms with Crippen molar-refractivity contribution in [2.45, 2.75) is 4.90 Å². The van der Waals surface area contributed by atoms with E-state index in [4.69, 9.17) is 5.26 Å². The first-order valence-corrected chi connectivity index (χ1v) is 8.57. The summed E-state index contributed by atoms with van der Waals surface area (Å²) in [5.74, 6) is 0. The van der Waals surface area contributed by atoms with Crippen LogP contribution in [0, 0.1) is 11.3 Å². The second-order valence-electron chi connectivity index (χ2n) is 5.13. The van der Waals surface area contributed by atoms with E-state index in [1.54, 1.807) is 24.5 Å². The van der Waals surface area contributed by atoms with Gasteiger partial charge in [0.1, 0.15) is 0 Å². The number of nitrogens with zero attached hydrogens (tertiary/aromatic N) is 5. The molecule has 0 aliphatic carbocycles. The lowest BCUT2D eigenvalue weighted by atomic mass is 10.2. The van der Waals surface area contributed by atoms with E-state index in [0.29, 0.717) is 31.7 Å². The molecule has 8 heteroatoms. The van der Waals surface area contributed by atoms with E-state index >= 15 is 0 Å². The summed E-state index contributed by atoms with van der Waals surface area (Å²) >= 11 is 0. The number of piperazine rings is 1. The van der Waals surface area contributed by atoms with E-state index in [0.717, 1.165) is 5.69 Å². The van der Waals surface area contributed by atoms with Gasteiger partial charge in [-0.15, -0.1) is 0 Å². The minimum absolute atomic E-state index is 0.163. The molecule has 0 radical (unpaired) electrons. The first kappa shape index (κ1) is 15.4. The lowest BCUT2D eigenvalue weighted by Crippen LogP contribution is -2.48. The molecule has 3 rings (SSSR count). The number of hydrogen-bond acceptors (Lipinski definition) is 6. The molecule has 0 saturated carbocycles. The molecule has 0 atom stereocenters. The zero-order valence-corrected chi connectivity index (χ0v) is 13.1. The Morgan fingerprint density at radius 1 is 1.09 bits per heavy atom. The van der Waals surface area contributed by atoms with Crippen LogP contribution < -0.4 is 4.90 Å². The zero-order valence-electron chi connectivity index (χ0n) is 12.3. The summed E-state index contributed by atoms with van der Waals surface area (Å²) in [4.78, 5) is 2.24. The van der Waals surface area contributed by atoms with Crippen LogP contribution in [0.2, 0.25) is 0 Å². The molecule has 118 valence electrons. The van der Waals surface area contributed by atoms with Gasteiger partial charge in [0.15, 0.2) is 0 Å². The van der Waals surface area contributed by atoms with Crippen molar-refractivity contribution >= 4 is 15.7 Å². The van der Waals surface area contributed by atoms with Gasteiger partial charge in [-0.1, -0.05) is 6.07 Å². The van der Waals surface area contributed by atoms with Crippen molar-refractivity contribution in [1.29, 1.82) is 5.26 Å². The van der Waals surface area contributed by atoms with Gasteiger partial charge >= 0.3 is 0 Å². The van der Waals surface area contributed by atoms with Gasteiger partial charge in [-0.25, -0.2) is 8.42 Å². The van der Waals surface area contributed by atoms with Crippen LogP contribution in [0.4, 0.5) is 5.69 Å². The predicted octanol–water partition coefficient (Wildman–Crippen LogP) is 0.859. The molecular weight excluding hydrogens is 314 g/mol. The van der Waals surface area contributed by atoms with E-state index in [1.165, 1.54) is 16.4 Å². The molecule has 1 aliphatic heterocycles. The van der Waals surface area contributed by atoms with E-state index < -0.39 is 10.0 Å². The third kappa shape index (κ3) is 3.16. The molecule has 1 saturated heterocycles. The average Bonchev–Trinajstić information content (AvgIpc) is 2.62. The highest BCUT2D eigenvalue weighted by molar-refractivity contribution is 7.89.